The average molecular weight is 305 g/mol. The lowest BCUT2D eigenvalue weighted by Crippen LogP contribution is -2.23. The van der Waals surface area contributed by atoms with E-state index in [-0.39, 0.29) is 18.4 Å². The number of benzene rings is 1. The molecule has 1 fully saturated rings. The molecule has 90 valence electrons. The first-order valence-corrected chi connectivity index (χ1v) is 6.58. The highest BCUT2D eigenvalue weighted by Crippen LogP contribution is 2.33. The zero-order valence-corrected chi connectivity index (χ0v) is 11.8. The Kier molecular flexibility index (Phi) is 5.81. The molecule has 0 heterocycles. The van der Waals surface area contributed by atoms with Gasteiger partial charge in [-0.2, -0.15) is 0 Å². The lowest BCUT2D eigenvalue weighted by Gasteiger charge is -2.27. The summed E-state index contributed by atoms with van der Waals surface area (Å²) < 4.78 is 1.13. The molecule has 0 bridgehead atoms. The third-order valence-electron chi connectivity index (χ3n) is 3.39. The molecule has 0 radical (unpaired) electrons. The number of nitrogens with two attached hydrogens (primary N) is 1. The van der Waals surface area contributed by atoms with Crippen LogP contribution in [0.1, 0.15) is 43.7 Å². The summed E-state index contributed by atoms with van der Waals surface area (Å²) in [5, 5.41) is 0. The molecule has 1 aromatic rings. The van der Waals surface area contributed by atoms with Gasteiger partial charge in [0.1, 0.15) is 0 Å². The molecular weight excluding hydrogens is 286 g/mol. The van der Waals surface area contributed by atoms with Crippen LogP contribution in [0.25, 0.3) is 0 Å². The van der Waals surface area contributed by atoms with Crippen molar-refractivity contribution in [2.45, 2.75) is 38.1 Å². The second-order valence-electron chi connectivity index (χ2n) is 4.48. The van der Waals surface area contributed by atoms with Gasteiger partial charge in [0.05, 0.1) is 0 Å². The van der Waals surface area contributed by atoms with Gasteiger partial charge in [0.2, 0.25) is 0 Å². The van der Waals surface area contributed by atoms with E-state index in [0.29, 0.717) is 5.92 Å². The van der Waals surface area contributed by atoms with E-state index in [2.05, 4.69) is 40.2 Å². The van der Waals surface area contributed by atoms with Gasteiger partial charge in [0.25, 0.3) is 0 Å². The predicted molar refractivity (Wildman–Crippen MR) is 74.9 cm³/mol. The van der Waals surface area contributed by atoms with Crippen LogP contribution in [-0.4, -0.2) is 0 Å². The quantitative estimate of drug-likeness (QED) is 0.858. The summed E-state index contributed by atoms with van der Waals surface area (Å²) in [6, 6.07) is 8.64. The topological polar surface area (TPSA) is 26.0 Å². The van der Waals surface area contributed by atoms with Crippen molar-refractivity contribution >= 4 is 28.3 Å². The van der Waals surface area contributed by atoms with Crippen molar-refractivity contribution in [3.05, 3.63) is 34.3 Å². The lowest BCUT2D eigenvalue weighted by atomic mass is 9.82. The fourth-order valence-corrected chi connectivity index (χ4v) is 2.90. The maximum absolute atomic E-state index is 6.32. The SMILES string of the molecule is Cl.N[C@@H](c1cccc(Br)c1)C1CCCCC1. The highest BCUT2D eigenvalue weighted by atomic mass is 79.9. The molecule has 0 aliphatic heterocycles. The van der Waals surface area contributed by atoms with Crippen molar-refractivity contribution in [1.29, 1.82) is 0 Å². The van der Waals surface area contributed by atoms with Gasteiger partial charge in [-0.15, -0.1) is 12.4 Å². The van der Waals surface area contributed by atoms with Crippen LogP contribution in [0.15, 0.2) is 28.7 Å². The average Bonchev–Trinajstić information content (AvgIpc) is 2.29. The summed E-state index contributed by atoms with van der Waals surface area (Å²) >= 11 is 3.50. The maximum atomic E-state index is 6.32. The van der Waals surface area contributed by atoms with E-state index >= 15 is 0 Å². The first-order valence-electron chi connectivity index (χ1n) is 5.78. The van der Waals surface area contributed by atoms with E-state index in [9.17, 15) is 0 Å². The van der Waals surface area contributed by atoms with Gasteiger partial charge >= 0.3 is 0 Å². The van der Waals surface area contributed by atoms with Gasteiger partial charge in [-0.1, -0.05) is 47.3 Å². The summed E-state index contributed by atoms with van der Waals surface area (Å²) in [6.07, 6.45) is 6.70. The van der Waals surface area contributed by atoms with Crippen molar-refractivity contribution in [2.24, 2.45) is 11.7 Å². The molecule has 1 aliphatic carbocycles. The molecule has 0 saturated heterocycles. The highest BCUT2D eigenvalue weighted by molar-refractivity contribution is 9.10. The van der Waals surface area contributed by atoms with E-state index in [1.165, 1.54) is 37.7 Å². The van der Waals surface area contributed by atoms with E-state index in [1.54, 1.807) is 0 Å². The number of hydrogen-bond donors (Lipinski definition) is 1. The summed E-state index contributed by atoms with van der Waals surface area (Å²) in [5.74, 6) is 0.688. The van der Waals surface area contributed by atoms with Crippen LogP contribution in [0.4, 0.5) is 0 Å². The molecular formula is C13H19BrClN. The monoisotopic (exact) mass is 303 g/mol. The van der Waals surface area contributed by atoms with Crippen molar-refractivity contribution in [3.8, 4) is 0 Å². The lowest BCUT2D eigenvalue weighted by molar-refractivity contribution is 0.308. The molecule has 1 saturated carbocycles. The van der Waals surface area contributed by atoms with Crippen molar-refractivity contribution in [3.63, 3.8) is 0 Å². The van der Waals surface area contributed by atoms with E-state index < -0.39 is 0 Å². The number of halogens is 2. The third-order valence-corrected chi connectivity index (χ3v) is 3.88. The van der Waals surface area contributed by atoms with E-state index in [0.717, 1.165) is 4.47 Å². The molecule has 1 atom stereocenters. The fourth-order valence-electron chi connectivity index (χ4n) is 2.48. The summed E-state index contributed by atoms with van der Waals surface area (Å²) in [5.41, 5.74) is 7.59. The van der Waals surface area contributed by atoms with Crippen LogP contribution in [0.3, 0.4) is 0 Å². The van der Waals surface area contributed by atoms with Crippen molar-refractivity contribution < 1.29 is 0 Å². The van der Waals surface area contributed by atoms with Gasteiger partial charge in [-0.05, 0) is 36.5 Å². The molecule has 1 nitrogen and oxygen atoms in total. The van der Waals surface area contributed by atoms with Crippen LogP contribution >= 0.6 is 28.3 Å². The minimum Gasteiger partial charge on any atom is -0.324 e. The summed E-state index contributed by atoms with van der Waals surface area (Å²) in [7, 11) is 0. The minimum atomic E-state index is 0. The van der Waals surface area contributed by atoms with Crippen LogP contribution < -0.4 is 5.73 Å². The van der Waals surface area contributed by atoms with Gasteiger partial charge in [0, 0.05) is 10.5 Å². The standard InChI is InChI=1S/C13H18BrN.ClH/c14-12-8-4-7-11(9-12)13(15)10-5-2-1-3-6-10;/h4,7-10,13H,1-3,5-6,15H2;1H/t13-;/m1./s1. The van der Waals surface area contributed by atoms with Crippen LogP contribution in [0.5, 0.6) is 0 Å². The summed E-state index contributed by atoms with van der Waals surface area (Å²) in [6.45, 7) is 0. The molecule has 1 aliphatic rings. The Bertz CT molecular complexity index is 323. The maximum Gasteiger partial charge on any atom is 0.0323 e. The Hall–Kier alpha value is -0.0500. The van der Waals surface area contributed by atoms with Crippen molar-refractivity contribution in [2.75, 3.05) is 0 Å². The van der Waals surface area contributed by atoms with E-state index in [4.69, 9.17) is 5.73 Å². The molecule has 2 rings (SSSR count). The molecule has 1 aromatic carbocycles. The van der Waals surface area contributed by atoms with Crippen molar-refractivity contribution in [1.82, 2.24) is 0 Å². The second-order valence-corrected chi connectivity index (χ2v) is 5.39. The van der Waals surface area contributed by atoms with Gasteiger partial charge < -0.3 is 5.73 Å². The molecule has 3 heteroatoms. The molecule has 2 N–H and O–H groups in total. The second kappa shape index (κ2) is 6.63. The normalized spacial score (nSPS) is 18.9. The zero-order valence-electron chi connectivity index (χ0n) is 9.36. The van der Waals surface area contributed by atoms with Gasteiger partial charge in [0.15, 0.2) is 0 Å². The van der Waals surface area contributed by atoms with E-state index in [1.807, 2.05) is 0 Å². The molecule has 0 aromatic heterocycles. The Balaban J connectivity index is 0.00000128. The Morgan fingerprint density at radius 1 is 1.19 bits per heavy atom. The smallest absolute Gasteiger partial charge is 0.0323 e. The van der Waals surface area contributed by atoms with Crippen LogP contribution in [0, 0.1) is 5.92 Å². The molecule has 16 heavy (non-hydrogen) atoms. The highest BCUT2D eigenvalue weighted by Gasteiger charge is 2.21. The van der Waals surface area contributed by atoms with Crippen LogP contribution in [-0.2, 0) is 0 Å². The summed E-state index contributed by atoms with van der Waals surface area (Å²) in [4.78, 5) is 0. The van der Waals surface area contributed by atoms with Gasteiger partial charge in [-0.25, -0.2) is 0 Å². The Morgan fingerprint density at radius 2 is 1.88 bits per heavy atom. The Morgan fingerprint density at radius 3 is 2.50 bits per heavy atom. The van der Waals surface area contributed by atoms with Crippen LogP contribution in [0.2, 0.25) is 0 Å². The minimum absolute atomic E-state index is 0. The zero-order chi connectivity index (χ0) is 10.7. The fraction of sp³-hybridized carbons (Fsp3) is 0.538. The molecule has 0 unspecified atom stereocenters. The molecule has 0 amide bonds. The predicted octanol–water partition coefficient (Wildman–Crippen LogP) is 4.45. The first kappa shape index (κ1) is 14.0. The Labute approximate surface area is 112 Å². The first-order chi connectivity index (χ1) is 7.27. The third kappa shape index (κ3) is 3.47. The number of hydrogen-bond acceptors (Lipinski definition) is 1. The number of rotatable bonds is 2. The van der Waals surface area contributed by atoms with Gasteiger partial charge in [-0.3, -0.25) is 0 Å². The molecule has 0 spiro atoms. The largest absolute Gasteiger partial charge is 0.324 e.